The standard InChI is InChI=1S/C27H23ClF3N3O3/c1-16-12-17(13-20(28)24(16)37-2)14-22(35)32-25-26(36)34(15-27(29,30)31)21-11-7-6-10-19(21)23(33-25)18-8-4-3-5-9-18/h3-13,25H,14-15H2,1-2H3,(H,32,35)/t25-/m1/s1. The molecule has 0 bridgehead atoms. The molecule has 1 aliphatic heterocycles. The summed E-state index contributed by atoms with van der Waals surface area (Å²) in [7, 11) is 1.48. The van der Waals surface area contributed by atoms with Crippen LogP contribution < -0.4 is 15.0 Å². The van der Waals surface area contributed by atoms with Gasteiger partial charge in [0.1, 0.15) is 12.3 Å². The van der Waals surface area contributed by atoms with E-state index in [-0.39, 0.29) is 12.1 Å². The minimum atomic E-state index is -4.67. The number of rotatable bonds is 6. The molecule has 3 aromatic rings. The predicted molar refractivity (Wildman–Crippen MR) is 135 cm³/mol. The number of carbonyl (C=O) groups is 2. The van der Waals surface area contributed by atoms with E-state index in [0.29, 0.717) is 43.6 Å². The van der Waals surface area contributed by atoms with Gasteiger partial charge in [-0.25, -0.2) is 4.99 Å². The summed E-state index contributed by atoms with van der Waals surface area (Å²) in [6.07, 6.45) is -6.42. The van der Waals surface area contributed by atoms with Crippen LogP contribution in [0.4, 0.5) is 18.9 Å². The number of ether oxygens (including phenoxy) is 1. The lowest BCUT2D eigenvalue weighted by molar-refractivity contribution is -0.134. The smallest absolute Gasteiger partial charge is 0.406 e. The molecule has 0 aromatic heterocycles. The molecule has 1 N–H and O–H groups in total. The number of methoxy groups -OCH3 is 1. The summed E-state index contributed by atoms with van der Waals surface area (Å²) in [6.45, 7) is 0.240. The molecule has 4 rings (SSSR count). The maximum absolute atomic E-state index is 13.5. The van der Waals surface area contributed by atoms with Crippen molar-refractivity contribution in [2.45, 2.75) is 25.7 Å². The molecule has 3 aromatic carbocycles. The van der Waals surface area contributed by atoms with E-state index >= 15 is 0 Å². The molecule has 1 aliphatic rings. The van der Waals surface area contributed by atoms with Crippen LogP contribution >= 0.6 is 11.6 Å². The van der Waals surface area contributed by atoms with Crippen molar-refractivity contribution in [1.82, 2.24) is 5.32 Å². The van der Waals surface area contributed by atoms with Crippen LogP contribution in [0.25, 0.3) is 0 Å². The summed E-state index contributed by atoms with van der Waals surface area (Å²) in [6, 6.07) is 18.3. The third kappa shape index (κ3) is 5.94. The van der Waals surface area contributed by atoms with Crippen molar-refractivity contribution >= 4 is 34.8 Å². The average molecular weight is 530 g/mol. The number of benzene rings is 3. The van der Waals surface area contributed by atoms with E-state index in [2.05, 4.69) is 10.3 Å². The van der Waals surface area contributed by atoms with Gasteiger partial charge in [0.05, 0.1) is 30.0 Å². The highest BCUT2D eigenvalue weighted by Gasteiger charge is 2.39. The number of para-hydroxylation sites is 1. The molecule has 0 radical (unpaired) electrons. The molecule has 0 spiro atoms. The van der Waals surface area contributed by atoms with E-state index in [9.17, 15) is 22.8 Å². The van der Waals surface area contributed by atoms with Crippen molar-refractivity contribution in [2.75, 3.05) is 18.6 Å². The number of aryl methyl sites for hydroxylation is 1. The second-order valence-corrected chi connectivity index (χ2v) is 8.88. The third-order valence-electron chi connectivity index (χ3n) is 5.75. The van der Waals surface area contributed by atoms with Gasteiger partial charge in [0.15, 0.2) is 0 Å². The fourth-order valence-corrected chi connectivity index (χ4v) is 4.61. The zero-order valence-electron chi connectivity index (χ0n) is 20.0. The van der Waals surface area contributed by atoms with Crippen LogP contribution in [0, 0.1) is 6.92 Å². The summed E-state index contributed by atoms with van der Waals surface area (Å²) in [4.78, 5) is 31.5. The molecule has 0 saturated carbocycles. The molecule has 192 valence electrons. The largest absolute Gasteiger partial charge is 0.495 e. The molecular weight excluding hydrogens is 507 g/mol. The maximum Gasteiger partial charge on any atom is 0.406 e. The van der Waals surface area contributed by atoms with Gasteiger partial charge in [-0.1, -0.05) is 66.2 Å². The first-order chi connectivity index (χ1) is 17.6. The molecule has 1 heterocycles. The van der Waals surface area contributed by atoms with Crippen molar-refractivity contribution < 1.29 is 27.5 Å². The summed E-state index contributed by atoms with van der Waals surface area (Å²) in [5, 5.41) is 2.83. The Morgan fingerprint density at radius 2 is 1.78 bits per heavy atom. The first kappa shape index (κ1) is 26.2. The Balaban J connectivity index is 1.72. The minimum absolute atomic E-state index is 0.0572. The van der Waals surface area contributed by atoms with Gasteiger partial charge in [-0.15, -0.1) is 0 Å². The van der Waals surface area contributed by atoms with Crippen LogP contribution in [0.2, 0.25) is 5.02 Å². The SMILES string of the molecule is COc1c(C)cc(CC(=O)N[C@@H]2N=C(c3ccccc3)c3ccccc3N(CC(F)(F)F)C2=O)cc1Cl. The van der Waals surface area contributed by atoms with E-state index in [1.54, 1.807) is 67.6 Å². The minimum Gasteiger partial charge on any atom is -0.495 e. The number of fused-ring (bicyclic) bond motifs is 1. The summed E-state index contributed by atoms with van der Waals surface area (Å²) < 4.78 is 45.8. The molecule has 10 heteroatoms. The van der Waals surface area contributed by atoms with Gasteiger partial charge in [-0.05, 0) is 30.2 Å². The fourth-order valence-electron chi connectivity index (χ4n) is 4.24. The van der Waals surface area contributed by atoms with Gasteiger partial charge in [0, 0.05) is 11.1 Å². The van der Waals surface area contributed by atoms with Crippen LogP contribution in [0.3, 0.4) is 0 Å². The highest BCUT2D eigenvalue weighted by molar-refractivity contribution is 6.32. The second-order valence-electron chi connectivity index (χ2n) is 8.48. The number of anilines is 1. The van der Waals surface area contributed by atoms with Crippen LogP contribution in [0.5, 0.6) is 5.75 Å². The topological polar surface area (TPSA) is 71.0 Å². The zero-order valence-corrected chi connectivity index (χ0v) is 20.7. The van der Waals surface area contributed by atoms with E-state index < -0.39 is 30.7 Å². The normalized spacial score (nSPS) is 15.5. The number of nitrogens with zero attached hydrogens (tertiary/aromatic N) is 2. The number of carbonyl (C=O) groups excluding carboxylic acids is 2. The lowest BCUT2D eigenvalue weighted by atomic mass is 10.0. The van der Waals surface area contributed by atoms with Gasteiger partial charge >= 0.3 is 6.18 Å². The van der Waals surface area contributed by atoms with Gasteiger partial charge in [0.2, 0.25) is 12.1 Å². The van der Waals surface area contributed by atoms with Crippen LogP contribution in [-0.2, 0) is 16.0 Å². The van der Waals surface area contributed by atoms with Gasteiger partial charge in [-0.2, -0.15) is 13.2 Å². The third-order valence-corrected chi connectivity index (χ3v) is 6.03. The van der Waals surface area contributed by atoms with Gasteiger partial charge < -0.3 is 10.1 Å². The number of amides is 2. The Morgan fingerprint density at radius 3 is 2.43 bits per heavy atom. The lowest BCUT2D eigenvalue weighted by Gasteiger charge is -2.26. The molecule has 6 nitrogen and oxygen atoms in total. The molecular formula is C27H23ClF3N3O3. The molecule has 2 amide bonds. The molecule has 37 heavy (non-hydrogen) atoms. The highest BCUT2D eigenvalue weighted by Crippen LogP contribution is 2.32. The Hall–Kier alpha value is -3.85. The molecule has 0 aliphatic carbocycles. The number of hydrogen-bond acceptors (Lipinski definition) is 4. The quantitative estimate of drug-likeness (QED) is 0.483. The van der Waals surface area contributed by atoms with E-state index in [1.807, 2.05) is 0 Å². The lowest BCUT2D eigenvalue weighted by Crippen LogP contribution is -2.50. The fraction of sp³-hybridized carbons (Fsp3) is 0.222. The van der Waals surface area contributed by atoms with Crippen molar-refractivity contribution in [2.24, 2.45) is 4.99 Å². The average Bonchev–Trinajstić information content (AvgIpc) is 2.94. The van der Waals surface area contributed by atoms with Crippen LogP contribution in [0.15, 0.2) is 71.7 Å². The molecule has 1 atom stereocenters. The summed E-state index contributed by atoms with van der Waals surface area (Å²) in [5.41, 5.74) is 2.54. The highest BCUT2D eigenvalue weighted by atomic mass is 35.5. The van der Waals surface area contributed by atoms with E-state index in [4.69, 9.17) is 16.3 Å². The van der Waals surface area contributed by atoms with Crippen LogP contribution in [0.1, 0.15) is 22.3 Å². The maximum atomic E-state index is 13.5. The van der Waals surface area contributed by atoms with E-state index in [1.165, 1.54) is 13.2 Å². The van der Waals surface area contributed by atoms with Crippen molar-refractivity contribution in [1.29, 1.82) is 0 Å². The van der Waals surface area contributed by atoms with Gasteiger partial charge in [0.25, 0.3) is 5.91 Å². The Kier molecular flexibility index (Phi) is 7.54. The van der Waals surface area contributed by atoms with Crippen molar-refractivity contribution in [3.05, 3.63) is 94.0 Å². The predicted octanol–water partition coefficient (Wildman–Crippen LogP) is 5.09. The molecule has 0 unspecified atom stereocenters. The van der Waals surface area contributed by atoms with Gasteiger partial charge in [-0.3, -0.25) is 14.5 Å². The van der Waals surface area contributed by atoms with Crippen molar-refractivity contribution in [3.63, 3.8) is 0 Å². The first-order valence-electron chi connectivity index (χ1n) is 11.3. The Labute approximate surface area is 216 Å². The first-order valence-corrected chi connectivity index (χ1v) is 11.7. The monoisotopic (exact) mass is 529 g/mol. The summed E-state index contributed by atoms with van der Waals surface area (Å²) >= 11 is 6.23. The number of benzodiazepines with no additional fused rings is 1. The number of nitrogens with one attached hydrogen (secondary N) is 1. The second kappa shape index (κ2) is 10.6. The van der Waals surface area contributed by atoms with Crippen LogP contribution in [-0.4, -0.2) is 43.5 Å². The summed E-state index contributed by atoms with van der Waals surface area (Å²) in [5.74, 6) is -1.12. The molecule has 0 saturated heterocycles. The number of alkyl halides is 3. The zero-order chi connectivity index (χ0) is 26.7. The van der Waals surface area contributed by atoms with Crippen molar-refractivity contribution in [3.8, 4) is 5.75 Å². The number of hydrogen-bond donors (Lipinski definition) is 1. The Bertz CT molecular complexity index is 1340. The number of halogens is 4. The Morgan fingerprint density at radius 1 is 1.11 bits per heavy atom. The molecule has 0 fully saturated rings. The van der Waals surface area contributed by atoms with E-state index in [0.717, 1.165) is 0 Å². The number of aliphatic imine (C=N–C) groups is 1.